The molecule has 0 aliphatic carbocycles. The van der Waals surface area contributed by atoms with Crippen LogP contribution >= 0.6 is 0 Å². The molecule has 2 aromatic carbocycles. The van der Waals surface area contributed by atoms with Gasteiger partial charge in [-0.3, -0.25) is 9.59 Å². The first-order chi connectivity index (χ1) is 15.8. The number of amides is 2. The van der Waals surface area contributed by atoms with E-state index in [1.54, 1.807) is 24.3 Å². The molecule has 1 aliphatic rings. The van der Waals surface area contributed by atoms with Crippen LogP contribution in [0.4, 0.5) is 0 Å². The van der Waals surface area contributed by atoms with E-state index >= 15 is 0 Å². The lowest BCUT2D eigenvalue weighted by Gasteiger charge is -2.28. The minimum Gasteiger partial charge on any atom is -0.496 e. The molecule has 0 atom stereocenters. The highest BCUT2D eigenvalue weighted by atomic mass is 32.2. The first kappa shape index (κ1) is 22.7. The number of benzene rings is 2. The maximum Gasteiger partial charge on any atom is 0.291 e. The third kappa shape index (κ3) is 4.67. The van der Waals surface area contributed by atoms with Gasteiger partial charge in [-0.1, -0.05) is 29.8 Å². The van der Waals surface area contributed by atoms with E-state index in [9.17, 15) is 18.0 Å². The van der Waals surface area contributed by atoms with E-state index in [0.717, 1.165) is 10.9 Å². The zero-order valence-corrected chi connectivity index (χ0v) is 19.1. The highest BCUT2D eigenvalue weighted by Crippen LogP contribution is 2.26. The second-order valence-electron chi connectivity index (χ2n) is 7.66. The number of pyridine rings is 1. The van der Waals surface area contributed by atoms with Crippen LogP contribution in [0.15, 0.2) is 59.5 Å². The van der Waals surface area contributed by atoms with Gasteiger partial charge in [0.25, 0.3) is 11.8 Å². The Labute approximate surface area is 192 Å². The molecule has 2 heterocycles. The normalized spacial score (nSPS) is 14.0. The van der Waals surface area contributed by atoms with Crippen molar-refractivity contribution in [3.05, 3.63) is 65.9 Å². The number of hydrazine groups is 1. The molecule has 1 fully saturated rings. The van der Waals surface area contributed by atoms with Crippen molar-refractivity contribution >= 4 is 32.7 Å². The number of aromatic nitrogens is 1. The van der Waals surface area contributed by atoms with Crippen molar-refractivity contribution in [2.45, 2.75) is 18.2 Å². The molecule has 1 N–H and O–H groups in total. The predicted molar refractivity (Wildman–Crippen MR) is 122 cm³/mol. The molecule has 9 nitrogen and oxygen atoms in total. The Balaban J connectivity index is 1.50. The van der Waals surface area contributed by atoms with Crippen LogP contribution in [0.25, 0.3) is 10.9 Å². The zero-order valence-electron chi connectivity index (χ0n) is 18.3. The van der Waals surface area contributed by atoms with Crippen molar-refractivity contribution in [2.75, 3.05) is 26.7 Å². The van der Waals surface area contributed by atoms with Gasteiger partial charge < -0.3 is 4.74 Å². The van der Waals surface area contributed by atoms with Crippen LogP contribution in [0.1, 0.15) is 22.5 Å². The van der Waals surface area contributed by atoms with E-state index in [-0.39, 0.29) is 10.6 Å². The molecule has 3 aromatic rings. The predicted octanol–water partition coefficient (Wildman–Crippen LogP) is 2.12. The van der Waals surface area contributed by atoms with Crippen LogP contribution in [-0.4, -0.2) is 62.0 Å². The molecule has 172 valence electrons. The minimum atomic E-state index is -3.85. The Hall–Kier alpha value is -3.50. The maximum atomic E-state index is 13.2. The van der Waals surface area contributed by atoms with Crippen molar-refractivity contribution in [3.8, 4) is 5.75 Å². The van der Waals surface area contributed by atoms with Crippen LogP contribution in [0.3, 0.4) is 0 Å². The lowest BCUT2D eigenvalue weighted by Crippen LogP contribution is -2.48. The van der Waals surface area contributed by atoms with Gasteiger partial charge >= 0.3 is 0 Å². The summed E-state index contributed by atoms with van der Waals surface area (Å²) in [4.78, 5) is 30.5. The van der Waals surface area contributed by atoms with E-state index < -0.39 is 28.4 Å². The smallest absolute Gasteiger partial charge is 0.291 e. The van der Waals surface area contributed by atoms with Crippen LogP contribution in [0.2, 0.25) is 0 Å². The second-order valence-corrected chi connectivity index (χ2v) is 9.43. The van der Waals surface area contributed by atoms with Gasteiger partial charge in [0, 0.05) is 24.5 Å². The van der Waals surface area contributed by atoms with Gasteiger partial charge in [-0.25, -0.2) is 28.1 Å². The molecule has 4 rings (SSSR count). The lowest BCUT2D eigenvalue weighted by atomic mass is 10.1. The summed E-state index contributed by atoms with van der Waals surface area (Å²) in [6, 6.07) is 15.2. The van der Waals surface area contributed by atoms with Crippen LogP contribution < -0.4 is 9.46 Å². The summed E-state index contributed by atoms with van der Waals surface area (Å²) >= 11 is 0. The average molecular weight is 469 g/mol. The van der Waals surface area contributed by atoms with Gasteiger partial charge in [0.2, 0.25) is 10.0 Å². The SMILES string of the molecule is COc1cc(C(=O)N2CCCN2C(=O)CNS(=O)(=O)c2ccc(C)cc2)nc2ccccc12. The van der Waals surface area contributed by atoms with Crippen LogP contribution in [0, 0.1) is 6.92 Å². The van der Waals surface area contributed by atoms with Gasteiger partial charge in [0.1, 0.15) is 11.4 Å². The fourth-order valence-corrected chi connectivity index (χ4v) is 4.66. The third-order valence-electron chi connectivity index (χ3n) is 5.42. The molecule has 0 unspecified atom stereocenters. The zero-order chi connectivity index (χ0) is 23.6. The topological polar surface area (TPSA) is 109 Å². The standard InChI is InChI=1S/C23H24N4O5S/c1-16-8-10-17(11-9-16)33(30,31)24-15-22(28)26-12-5-13-27(26)23(29)20-14-21(32-2)18-6-3-4-7-19(18)25-20/h3-4,6-11,14,24H,5,12-13,15H2,1-2H3. The highest BCUT2D eigenvalue weighted by molar-refractivity contribution is 7.89. The molecule has 0 saturated carbocycles. The Morgan fingerprint density at radius 3 is 2.48 bits per heavy atom. The molecular formula is C23H24N4O5S. The number of aryl methyl sites for hydroxylation is 1. The van der Waals surface area contributed by atoms with Crippen LogP contribution in [0.5, 0.6) is 5.75 Å². The van der Waals surface area contributed by atoms with Crippen molar-refractivity contribution in [1.82, 2.24) is 19.7 Å². The van der Waals surface area contributed by atoms with E-state index in [1.807, 2.05) is 25.1 Å². The largest absolute Gasteiger partial charge is 0.496 e. The maximum absolute atomic E-state index is 13.2. The van der Waals surface area contributed by atoms with Crippen LogP contribution in [-0.2, 0) is 14.8 Å². The number of carbonyl (C=O) groups is 2. The Morgan fingerprint density at radius 1 is 1.06 bits per heavy atom. The summed E-state index contributed by atoms with van der Waals surface area (Å²) in [6.45, 7) is 2.02. The molecule has 33 heavy (non-hydrogen) atoms. The van der Waals surface area contributed by atoms with Gasteiger partial charge in [-0.15, -0.1) is 0 Å². The Bertz CT molecular complexity index is 1310. The number of carbonyl (C=O) groups excluding carboxylic acids is 2. The fraction of sp³-hybridized carbons (Fsp3) is 0.261. The number of hydrogen-bond donors (Lipinski definition) is 1. The number of fused-ring (bicyclic) bond motifs is 1. The minimum absolute atomic E-state index is 0.0720. The Morgan fingerprint density at radius 2 is 1.76 bits per heavy atom. The fourth-order valence-electron chi connectivity index (χ4n) is 3.69. The van der Waals surface area contributed by atoms with Gasteiger partial charge in [-0.05, 0) is 37.6 Å². The number of para-hydroxylation sites is 1. The van der Waals surface area contributed by atoms with Crippen molar-refractivity contribution in [2.24, 2.45) is 0 Å². The van der Waals surface area contributed by atoms with Gasteiger partial charge in [-0.2, -0.15) is 0 Å². The first-order valence-electron chi connectivity index (χ1n) is 10.4. The lowest BCUT2D eigenvalue weighted by molar-refractivity contribution is -0.139. The highest BCUT2D eigenvalue weighted by Gasteiger charge is 2.33. The molecule has 0 radical (unpaired) electrons. The molecule has 1 aliphatic heterocycles. The van der Waals surface area contributed by atoms with Crippen molar-refractivity contribution < 1.29 is 22.7 Å². The number of sulfonamides is 1. The average Bonchev–Trinajstić information content (AvgIpc) is 3.31. The van der Waals surface area contributed by atoms with Crippen molar-refractivity contribution in [3.63, 3.8) is 0 Å². The number of methoxy groups -OCH3 is 1. The molecule has 0 bridgehead atoms. The van der Waals surface area contributed by atoms with E-state index in [0.29, 0.717) is 30.8 Å². The van der Waals surface area contributed by atoms with Gasteiger partial charge in [0.05, 0.1) is 24.1 Å². The van der Waals surface area contributed by atoms with Gasteiger partial charge in [0.15, 0.2) is 0 Å². The summed E-state index contributed by atoms with van der Waals surface area (Å²) in [6.07, 6.45) is 0.576. The van der Waals surface area contributed by atoms with E-state index in [2.05, 4.69) is 9.71 Å². The van der Waals surface area contributed by atoms with E-state index in [1.165, 1.54) is 29.3 Å². The summed E-state index contributed by atoms with van der Waals surface area (Å²) in [5, 5.41) is 3.35. The molecule has 2 amide bonds. The summed E-state index contributed by atoms with van der Waals surface area (Å²) < 4.78 is 32.8. The van der Waals surface area contributed by atoms with E-state index in [4.69, 9.17) is 4.74 Å². The summed E-state index contributed by atoms with van der Waals surface area (Å²) in [5.74, 6) is -0.470. The molecule has 10 heteroatoms. The number of ether oxygens (including phenoxy) is 1. The summed E-state index contributed by atoms with van der Waals surface area (Å²) in [7, 11) is -2.34. The summed E-state index contributed by atoms with van der Waals surface area (Å²) in [5.41, 5.74) is 1.67. The monoisotopic (exact) mass is 468 g/mol. The molecule has 1 aromatic heterocycles. The molecular weight excluding hydrogens is 444 g/mol. The molecule has 0 spiro atoms. The number of hydrogen-bond acceptors (Lipinski definition) is 6. The first-order valence-corrected chi connectivity index (χ1v) is 11.9. The third-order valence-corrected chi connectivity index (χ3v) is 6.83. The second kappa shape index (κ2) is 9.16. The quantitative estimate of drug-likeness (QED) is 0.594. The molecule has 1 saturated heterocycles. The number of nitrogens with zero attached hydrogens (tertiary/aromatic N) is 3. The number of rotatable bonds is 6. The van der Waals surface area contributed by atoms with Crippen molar-refractivity contribution in [1.29, 1.82) is 0 Å². The Kier molecular flexibility index (Phi) is 6.30. The number of nitrogens with one attached hydrogen (secondary N) is 1.